The minimum absolute atomic E-state index is 0.279. The van der Waals surface area contributed by atoms with Gasteiger partial charge in [0.2, 0.25) is 4.77 Å². The van der Waals surface area contributed by atoms with Gasteiger partial charge in [0.05, 0.1) is 11.8 Å². The van der Waals surface area contributed by atoms with Crippen molar-refractivity contribution in [1.82, 2.24) is 14.9 Å². The number of hydrogen-bond acceptors (Lipinski definition) is 5. The molecule has 6 nitrogen and oxygen atoms in total. The number of aromatic amines is 1. The van der Waals surface area contributed by atoms with Crippen LogP contribution in [0, 0.1) is 10.6 Å². The Morgan fingerprint density at radius 1 is 1.25 bits per heavy atom. The number of carbonyl (C=O) groups excluding carboxylic acids is 1. The first-order chi connectivity index (χ1) is 13.6. The standard InChI is InChI=1S/C20H19FN4O2S/c1-2-3-4-18-23-24-20(28)25(18)22-13-14-5-11-17(12-6-14)27-19(26)15-7-9-16(21)10-8-15/h5-13H,2-4H2,1H3,(H,24,28)/b22-13+. The van der Waals surface area contributed by atoms with Crippen molar-refractivity contribution in [3.63, 3.8) is 0 Å². The lowest BCUT2D eigenvalue weighted by Crippen LogP contribution is -2.08. The van der Waals surface area contributed by atoms with E-state index in [1.807, 2.05) is 0 Å². The Kier molecular flexibility index (Phi) is 6.44. The van der Waals surface area contributed by atoms with E-state index in [0.29, 0.717) is 10.5 Å². The van der Waals surface area contributed by atoms with Gasteiger partial charge in [0, 0.05) is 6.42 Å². The molecule has 1 N–H and O–H groups in total. The van der Waals surface area contributed by atoms with E-state index < -0.39 is 11.8 Å². The molecule has 8 heteroatoms. The van der Waals surface area contributed by atoms with Crippen LogP contribution in [0.25, 0.3) is 0 Å². The van der Waals surface area contributed by atoms with Gasteiger partial charge in [-0.3, -0.25) is 5.10 Å². The first-order valence-corrected chi connectivity index (χ1v) is 9.26. The number of benzene rings is 2. The van der Waals surface area contributed by atoms with Crippen LogP contribution in [0.15, 0.2) is 53.6 Å². The number of aryl methyl sites for hydroxylation is 1. The lowest BCUT2D eigenvalue weighted by atomic mass is 10.2. The monoisotopic (exact) mass is 398 g/mol. The first-order valence-electron chi connectivity index (χ1n) is 8.85. The van der Waals surface area contributed by atoms with Crippen LogP contribution in [0.5, 0.6) is 5.75 Å². The minimum atomic E-state index is -0.549. The van der Waals surface area contributed by atoms with Crippen LogP contribution >= 0.6 is 12.2 Å². The van der Waals surface area contributed by atoms with Crippen molar-refractivity contribution in [2.75, 3.05) is 0 Å². The molecule has 0 bridgehead atoms. The largest absolute Gasteiger partial charge is 0.423 e. The molecular weight excluding hydrogens is 379 g/mol. The van der Waals surface area contributed by atoms with Crippen molar-refractivity contribution in [3.8, 4) is 5.75 Å². The summed E-state index contributed by atoms with van der Waals surface area (Å²) in [7, 11) is 0. The topological polar surface area (TPSA) is 72.3 Å². The minimum Gasteiger partial charge on any atom is -0.423 e. The zero-order valence-corrected chi connectivity index (χ0v) is 16.1. The number of nitrogens with zero attached hydrogens (tertiary/aromatic N) is 3. The average molecular weight is 398 g/mol. The van der Waals surface area contributed by atoms with E-state index in [-0.39, 0.29) is 5.56 Å². The number of carbonyl (C=O) groups is 1. The highest BCUT2D eigenvalue weighted by atomic mass is 32.1. The van der Waals surface area contributed by atoms with Crippen molar-refractivity contribution in [1.29, 1.82) is 0 Å². The molecule has 0 atom stereocenters. The Morgan fingerprint density at radius 3 is 2.64 bits per heavy atom. The van der Waals surface area contributed by atoms with Crippen molar-refractivity contribution in [2.45, 2.75) is 26.2 Å². The third-order valence-electron chi connectivity index (χ3n) is 3.96. The molecule has 0 radical (unpaired) electrons. The number of nitrogens with one attached hydrogen (secondary N) is 1. The third-order valence-corrected chi connectivity index (χ3v) is 4.23. The van der Waals surface area contributed by atoms with Gasteiger partial charge in [0.25, 0.3) is 0 Å². The maximum atomic E-state index is 12.9. The van der Waals surface area contributed by atoms with Gasteiger partial charge in [-0.1, -0.05) is 13.3 Å². The van der Waals surface area contributed by atoms with Crippen LogP contribution in [0.2, 0.25) is 0 Å². The normalized spacial score (nSPS) is 11.1. The highest BCUT2D eigenvalue weighted by molar-refractivity contribution is 7.71. The zero-order valence-electron chi connectivity index (χ0n) is 15.3. The molecular formula is C20H19FN4O2S. The second-order valence-electron chi connectivity index (χ2n) is 6.07. The van der Waals surface area contributed by atoms with Crippen LogP contribution in [-0.2, 0) is 6.42 Å². The predicted octanol–water partition coefficient (Wildman–Crippen LogP) is 4.52. The molecule has 0 spiro atoms. The molecule has 3 aromatic rings. The molecule has 0 aliphatic rings. The van der Waals surface area contributed by atoms with E-state index in [0.717, 1.165) is 30.7 Å². The van der Waals surface area contributed by atoms with Gasteiger partial charge in [-0.2, -0.15) is 14.9 Å². The molecule has 2 aromatic carbocycles. The van der Waals surface area contributed by atoms with Crippen LogP contribution in [-0.4, -0.2) is 27.1 Å². The van der Waals surface area contributed by atoms with Crippen LogP contribution in [0.4, 0.5) is 4.39 Å². The number of hydrogen-bond donors (Lipinski definition) is 1. The summed E-state index contributed by atoms with van der Waals surface area (Å²) in [5.41, 5.74) is 1.09. The Bertz CT molecular complexity index is 1020. The molecule has 28 heavy (non-hydrogen) atoms. The van der Waals surface area contributed by atoms with E-state index in [1.54, 1.807) is 35.2 Å². The third kappa shape index (κ3) is 4.98. The highest BCUT2D eigenvalue weighted by Gasteiger charge is 2.08. The zero-order chi connectivity index (χ0) is 19.9. The molecule has 144 valence electrons. The Labute approximate surface area is 166 Å². The van der Waals surface area contributed by atoms with Crippen molar-refractivity contribution in [3.05, 3.63) is 76.1 Å². The summed E-state index contributed by atoms with van der Waals surface area (Å²) in [5, 5.41) is 11.3. The molecule has 1 heterocycles. The second-order valence-corrected chi connectivity index (χ2v) is 6.46. The Hall–Kier alpha value is -3.13. The fourth-order valence-corrected chi connectivity index (χ4v) is 2.64. The first kappa shape index (κ1) is 19.6. The smallest absolute Gasteiger partial charge is 0.343 e. The van der Waals surface area contributed by atoms with E-state index in [1.165, 1.54) is 24.3 Å². The molecule has 1 aromatic heterocycles. The predicted molar refractivity (Wildman–Crippen MR) is 107 cm³/mol. The van der Waals surface area contributed by atoms with E-state index in [4.69, 9.17) is 17.0 Å². The lowest BCUT2D eigenvalue weighted by Gasteiger charge is -2.04. The number of esters is 1. The molecule has 0 fully saturated rings. The maximum Gasteiger partial charge on any atom is 0.343 e. The molecule has 0 amide bonds. The van der Waals surface area contributed by atoms with Crippen LogP contribution < -0.4 is 4.74 Å². The molecule has 0 saturated carbocycles. The van der Waals surface area contributed by atoms with Gasteiger partial charge in [0.15, 0.2) is 5.82 Å². The summed E-state index contributed by atoms with van der Waals surface area (Å²) in [6.07, 6.45) is 4.51. The molecule has 0 saturated heterocycles. The molecule has 0 aliphatic heterocycles. The fraction of sp³-hybridized carbons (Fsp3) is 0.200. The second kappa shape index (κ2) is 9.18. The maximum absolute atomic E-state index is 12.9. The summed E-state index contributed by atoms with van der Waals surface area (Å²) in [6.45, 7) is 2.11. The number of rotatable bonds is 7. The van der Waals surface area contributed by atoms with E-state index >= 15 is 0 Å². The van der Waals surface area contributed by atoms with Gasteiger partial charge in [0.1, 0.15) is 11.6 Å². The SMILES string of the molecule is CCCCc1n[nH]c(=S)n1/N=C/c1ccc(OC(=O)c2ccc(F)cc2)cc1. The quantitative estimate of drug-likeness (QED) is 0.275. The number of aromatic nitrogens is 3. The summed E-state index contributed by atoms with van der Waals surface area (Å²) in [5.74, 6) is 0.213. The van der Waals surface area contributed by atoms with Gasteiger partial charge >= 0.3 is 5.97 Å². The average Bonchev–Trinajstić information content (AvgIpc) is 3.05. The van der Waals surface area contributed by atoms with Crippen molar-refractivity contribution >= 4 is 24.4 Å². The van der Waals surface area contributed by atoms with E-state index in [9.17, 15) is 9.18 Å². The fourth-order valence-electron chi connectivity index (χ4n) is 2.44. The number of H-pyrrole nitrogens is 1. The van der Waals surface area contributed by atoms with Crippen LogP contribution in [0.1, 0.15) is 41.5 Å². The molecule has 0 aliphatic carbocycles. The van der Waals surface area contributed by atoms with E-state index in [2.05, 4.69) is 22.2 Å². The number of halogens is 1. The summed E-state index contributed by atoms with van der Waals surface area (Å²) >= 11 is 5.21. The summed E-state index contributed by atoms with van der Waals surface area (Å²) < 4.78 is 20.3. The van der Waals surface area contributed by atoms with Gasteiger partial charge in [-0.25, -0.2) is 9.18 Å². The van der Waals surface area contributed by atoms with Gasteiger partial charge in [-0.05, 0) is 72.7 Å². The van der Waals surface area contributed by atoms with Crippen LogP contribution in [0.3, 0.4) is 0 Å². The number of unbranched alkanes of at least 4 members (excludes halogenated alkanes) is 1. The van der Waals surface area contributed by atoms with Gasteiger partial charge in [-0.15, -0.1) is 0 Å². The Morgan fingerprint density at radius 2 is 1.96 bits per heavy atom. The number of ether oxygens (including phenoxy) is 1. The molecule has 0 unspecified atom stereocenters. The lowest BCUT2D eigenvalue weighted by molar-refractivity contribution is 0.0734. The van der Waals surface area contributed by atoms with Crippen molar-refractivity contribution < 1.29 is 13.9 Å². The van der Waals surface area contributed by atoms with Gasteiger partial charge < -0.3 is 4.74 Å². The summed E-state index contributed by atoms with van der Waals surface area (Å²) in [6, 6.07) is 12.0. The Balaban J connectivity index is 1.67. The summed E-state index contributed by atoms with van der Waals surface area (Å²) in [4.78, 5) is 12.1. The van der Waals surface area contributed by atoms with Crippen molar-refractivity contribution in [2.24, 2.45) is 5.10 Å². The highest BCUT2D eigenvalue weighted by Crippen LogP contribution is 2.14. The molecule has 3 rings (SSSR count).